The van der Waals surface area contributed by atoms with E-state index in [0.717, 1.165) is 6.26 Å². The lowest BCUT2D eigenvalue weighted by atomic mass is 10.2. The molecule has 0 radical (unpaired) electrons. The predicted molar refractivity (Wildman–Crippen MR) is 79.3 cm³/mol. The van der Waals surface area contributed by atoms with Gasteiger partial charge in [-0.25, -0.2) is 13.4 Å². The number of methoxy groups -OCH3 is 1. The van der Waals surface area contributed by atoms with Gasteiger partial charge in [0.05, 0.1) is 19.0 Å². The normalized spacial score (nSPS) is 11.1. The fraction of sp³-hybridized carbons (Fsp3) is 0.214. The molecule has 7 heteroatoms. The van der Waals surface area contributed by atoms with Crippen LogP contribution in [0.1, 0.15) is 5.56 Å². The van der Waals surface area contributed by atoms with E-state index in [0.29, 0.717) is 23.5 Å². The number of nitrogens with one attached hydrogen (secondary N) is 1. The van der Waals surface area contributed by atoms with Crippen LogP contribution in [-0.4, -0.2) is 31.9 Å². The minimum atomic E-state index is -3.30. The molecule has 0 saturated carbocycles. The molecule has 0 aliphatic rings. The molecule has 1 aromatic carbocycles. The summed E-state index contributed by atoms with van der Waals surface area (Å²) in [5.74, 6) is 0.805. The maximum atomic E-state index is 11.3. The molecule has 2 N–H and O–H groups in total. The molecular formula is C14H16N2O4S. The zero-order valence-corrected chi connectivity index (χ0v) is 12.5. The van der Waals surface area contributed by atoms with Crippen LogP contribution in [0.2, 0.25) is 0 Å². The molecular weight excluding hydrogens is 292 g/mol. The first-order valence-corrected chi connectivity index (χ1v) is 8.05. The van der Waals surface area contributed by atoms with Crippen LogP contribution < -0.4 is 10.1 Å². The number of anilines is 1. The predicted octanol–water partition coefficient (Wildman–Crippen LogP) is 1.81. The van der Waals surface area contributed by atoms with Gasteiger partial charge in [0.25, 0.3) is 0 Å². The van der Waals surface area contributed by atoms with E-state index < -0.39 is 9.84 Å². The smallest absolute Gasteiger partial charge is 0.192 e. The Labute approximate surface area is 123 Å². The first-order chi connectivity index (χ1) is 9.90. The monoisotopic (exact) mass is 308 g/mol. The highest BCUT2D eigenvalue weighted by atomic mass is 32.2. The number of hydrogen-bond donors (Lipinski definition) is 2. The fourth-order valence-corrected chi connectivity index (χ4v) is 2.29. The van der Waals surface area contributed by atoms with Gasteiger partial charge in [-0.1, -0.05) is 0 Å². The minimum Gasteiger partial charge on any atom is -0.508 e. The first-order valence-electron chi connectivity index (χ1n) is 6.16. The highest BCUT2D eigenvalue weighted by molar-refractivity contribution is 7.90. The van der Waals surface area contributed by atoms with Crippen LogP contribution >= 0.6 is 0 Å². The van der Waals surface area contributed by atoms with Crippen molar-refractivity contribution in [2.75, 3.05) is 18.7 Å². The molecule has 0 fully saturated rings. The van der Waals surface area contributed by atoms with E-state index in [1.54, 1.807) is 31.4 Å². The second-order valence-electron chi connectivity index (χ2n) is 4.51. The summed E-state index contributed by atoms with van der Waals surface area (Å²) >= 11 is 0. The molecule has 2 aromatic rings. The van der Waals surface area contributed by atoms with Crippen molar-refractivity contribution in [2.24, 2.45) is 0 Å². The van der Waals surface area contributed by atoms with Crippen molar-refractivity contribution in [3.8, 4) is 11.5 Å². The number of phenols is 1. The number of sulfone groups is 1. The lowest BCUT2D eigenvalue weighted by Gasteiger charge is -2.10. The highest BCUT2D eigenvalue weighted by Gasteiger charge is 2.08. The maximum absolute atomic E-state index is 11.3. The molecule has 1 heterocycles. The van der Waals surface area contributed by atoms with Crippen LogP contribution in [-0.2, 0) is 16.4 Å². The molecule has 0 saturated heterocycles. The maximum Gasteiger partial charge on any atom is 0.192 e. The Balaban J connectivity index is 2.10. The summed E-state index contributed by atoms with van der Waals surface area (Å²) in [5, 5.41) is 12.9. The van der Waals surface area contributed by atoms with Crippen molar-refractivity contribution in [3.05, 3.63) is 42.1 Å². The van der Waals surface area contributed by atoms with E-state index in [2.05, 4.69) is 10.3 Å². The van der Waals surface area contributed by atoms with E-state index in [9.17, 15) is 13.5 Å². The number of pyridine rings is 1. The third-order valence-electron chi connectivity index (χ3n) is 2.89. The molecule has 0 aliphatic heterocycles. The number of aromatic hydroxyl groups is 1. The standard InChI is InChI=1S/C14H16N2O4S/c1-20-12-4-5-13(17)10(7-12)8-15-11-3-6-14(16-9-11)21(2,18)19/h3-7,9,15,17H,8H2,1-2H3. The Morgan fingerprint density at radius 1 is 1.29 bits per heavy atom. The lowest BCUT2D eigenvalue weighted by Crippen LogP contribution is -2.03. The number of phenolic OH excluding ortho intramolecular Hbond substituents is 1. The number of ether oxygens (including phenoxy) is 1. The molecule has 6 nitrogen and oxygen atoms in total. The van der Waals surface area contributed by atoms with Gasteiger partial charge in [0.15, 0.2) is 14.9 Å². The van der Waals surface area contributed by atoms with Crippen LogP contribution in [0.15, 0.2) is 41.6 Å². The van der Waals surface area contributed by atoms with Crippen molar-refractivity contribution < 1.29 is 18.3 Å². The van der Waals surface area contributed by atoms with Crippen molar-refractivity contribution >= 4 is 15.5 Å². The number of benzene rings is 1. The Kier molecular flexibility index (Phi) is 4.32. The van der Waals surface area contributed by atoms with Gasteiger partial charge >= 0.3 is 0 Å². The largest absolute Gasteiger partial charge is 0.508 e. The van der Waals surface area contributed by atoms with Crippen LogP contribution in [0.25, 0.3) is 0 Å². The van der Waals surface area contributed by atoms with Gasteiger partial charge in [0.2, 0.25) is 0 Å². The van der Waals surface area contributed by atoms with Crippen molar-refractivity contribution in [1.82, 2.24) is 4.98 Å². The second-order valence-corrected chi connectivity index (χ2v) is 6.47. The molecule has 112 valence electrons. The number of hydrogen-bond acceptors (Lipinski definition) is 6. The van der Waals surface area contributed by atoms with Gasteiger partial charge < -0.3 is 15.2 Å². The number of rotatable bonds is 5. The van der Waals surface area contributed by atoms with Gasteiger partial charge in [-0.15, -0.1) is 0 Å². The summed E-state index contributed by atoms with van der Waals surface area (Å²) in [5.41, 5.74) is 1.33. The first kappa shape index (κ1) is 15.1. The molecule has 0 spiro atoms. The summed E-state index contributed by atoms with van der Waals surface area (Å²) in [6.07, 6.45) is 2.55. The summed E-state index contributed by atoms with van der Waals surface area (Å²) in [6.45, 7) is 0.364. The molecule has 0 atom stereocenters. The molecule has 2 rings (SSSR count). The highest BCUT2D eigenvalue weighted by Crippen LogP contribution is 2.23. The van der Waals surface area contributed by atoms with E-state index >= 15 is 0 Å². The molecule has 0 bridgehead atoms. The van der Waals surface area contributed by atoms with Crippen LogP contribution in [0.4, 0.5) is 5.69 Å². The van der Waals surface area contributed by atoms with Gasteiger partial charge in [-0.05, 0) is 30.3 Å². The zero-order chi connectivity index (χ0) is 15.5. The number of aromatic nitrogens is 1. The molecule has 21 heavy (non-hydrogen) atoms. The number of nitrogens with zero attached hydrogens (tertiary/aromatic N) is 1. The Hall–Kier alpha value is -2.28. The molecule has 0 unspecified atom stereocenters. The van der Waals surface area contributed by atoms with Crippen LogP contribution in [0.5, 0.6) is 11.5 Å². The zero-order valence-electron chi connectivity index (χ0n) is 11.7. The Bertz CT molecular complexity index is 727. The van der Waals surface area contributed by atoms with E-state index in [1.165, 1.54) is 12.3 Å². The van der Waals surface area contributed by atoms with E-state index in [4.69, 9.17) is 4.74 Å². The van der Waals surface area contributed by atoms with E-state index in [1.807, 2.05) is 0 Å². The van der Waals surface area contributed by atoms with Crippen molar-refractivity contribution in [3.63, 3.8) is 0 Å². The summed E-state index contributed by atoms with van der Waals surface area (Å²) in [6, 6.07) is 8.01. The van der Waals surface area contributed by atoms with E-state index in [-0.39, 0.29) is 10.8 Å². The summed E-state index contributed by atoms with van der Waals surface area (Å²) < 4.78 is 27.7. The topological polar surface area (TPSA) is 88.5 Å². The fourth-order valence-electron chi connectivity index (χ4n) is 1.73. The molecule has 1 aromatic heterocycles. The third-order valence-corrected chi connectivity index (χ3v) is 3.89. The van der Waals surface area contributed by atoms with Gasteiger partial charge in [0.1, 0.15) is 11.5 Å². The quantitative estimate of drug-likeness (QED) is 0.876. The Morgan fingerprint density at radius 3 is 2.62 bits per heavy atom. The molecule has 0 amide bonds. The third kappa shape index (κ3) is 3.85. The SMILES string of the molecule is COc1ccc(O)c(CNc2ccc(S(C)(=O)=O)nc2)c1. The van der Waals surface area contributed by atoms with Crippen molar-refractivity contribution in [2.45, 2.75) is 11.6 Å². The molecule has 0 aliphatic carbocycles. The summed E-state index contributed by atoms with van der Waals surface area (Å²) in [7, 11) is -1.74. The second kappa shape index (κ2) is 6.01. The van der Waals surface area contributed by atoms with Gasteiger partial charge in [0, 0.05) is 18.4 Å². The Morgan fingerprint density at radius 2 is 2.05 bits per heavy atom. The minimum absolute atomic E-state index is 0.0253. The van der Waals surface area contributed by atoms with Gasteiger partial charge in [-0.3, -0.25) is 0 Å². The van der Waals surface area contributed by atoms with Crippen LogP contribution in [0, 0.1) is 0 Å². The lowest BCUT2D eigenvalue weighted by molar-refractivity contribution is 0.411. The van der Waals surface area contributed by atoms with Crippen LogP contribution in [0.3, 0.4) is 0 Å². The van der Waals surface area contributed by atoms with Crippen molar-refractivity contribution in [1.29, 1.82) is 0 Å². The average molecular weight is 308 g/mol. The van der Waals surface area contributed by atoms with Gasteiger partial charge in [-0.2, -0.15) is 0 Å². The summed E-state index contributed by atoms with van der Waals surface area (Å²) in [4.78, 5) is 3.88. The average Bonchev–Trinajstić information content (AvgIpc) is 2.46.